The number of carbonyl (C=O) groups is 6. The Kier molecular flexibility index (Phi) is 14.6. The number of aldehydes is 1. The van der Waals surface area contributed by atoms with Crippen LogP contribution in [0.3, 0.4) is 0 Å². The van der Waals surface area contributed by atoms with Gasteiger partial charge in [0.15, 0.2) is 6.29 Å². The number of halogens is 1. The molecule has 3 saturated heterocycles. The van der Waals surface area contributed by atoms with Gasteiger partial charge in [-0.1, -0.05) is 36.4 Å². The molecule has 4 heterocycles. The van der Waals surface area contributed by atoms with Crippen LogP contribution in [0.15, 0.2) is 114 Å². The number of hydrogen-bond donors (Lipinski definition) is 6. The van der Waals surface area contributed by atoms with Crippen molar-refractivity contribution in [1.29, 1.82) is 5.41 Å². The van der Waals surface area contributed by atoms with Gasteiger partial charge in [0.25, 0.3) is 17.7 Å². The molecular formula is C51H56FN9O7. The Bertz CT molecular complexity index is 2590. The van der Waals surface area contributed by atoms with Crippen LogP contribution in [0.25, 0.3) is 0 Å². The smallest absolute Gasteiger partial charge is 0.255 e. The number of allylic oxidation sites excluding steroid dienone is 1. The van der Waals surface area contributed by atoms with Crippen molar-refractivity contribution in [2.75, 3.05) is 51.2 Å². The summed E-state index contributed by atoms with van der Waals surface area (Å²) >= 11 is 0. The summed E-state index contributed by atoms with van der Waals surface area (Å²) < 4.78 is 21.3. The number of anilines is 1. The first-order valence-electron chi connectivity index (χ1n) is 23.1. The van der Waals surface area contributed by atoms with E-state index in [4.69, 9.17) is 15.9 Å². The van der Waals surface area contributed by atoms with E-state index in [0.29, 0.717) is 66.7 Å². The Hall–Kier alpha value is -7.40. The summed E-state index contributed by atoms with van der Waals surface area (Å²) in [6.45, 7) is 4.05. The number of rotatable bonds is 13. The van der Waals surface area contributed by atoms with Crippen LogP contribution >= 0.6 is 0 Å². The van der Waals surface area contributed by atoms with E-state index in [9.17, 15) is 28.8 Å². The van der Waals surface area contributed by atoms with Crippen molar-refractivity contribution < 1.29 is 37.9 Å². The van der Waals surface area contributed by atoms with Crippen LogP contribution < -0.4 is 36.6 Å². The second kappa shape index (κ2) is 21.1. The highest BCUT2D eigenvalue weighted by Gasteiger charge is 2.35. The molecule has 3 fully saturated rings. The molecule has 2 bridgehead atoms. The lowest BCUT2D eigenvalue weighted by Crippen LogP contribution is -2.53. The first kappa shape index (κ1) is 47.1. The highest BCUT2D eigenvalue weighted by molar-refractivity contribution is 6.27. The Morgan fingerprint density at radius 3 is 2.37 bits per heavy atom. The van der Waals surface area contributed by atoms with Gasteiger partial charge in [-0.3, -0.25) is 39.5 Å². The first-order chi connectivity index (χ1) is 32.8. The van der Waals surface area contributed by atoms with Crippen molar-refractivity contribution >= 4 is 47.2 Å². The fraction of sp³-hybridized carbons (Fsp3) is 0.353. The third-order valence-corrected chi connectivity index (χ3v) is 13.2. The number of ether oxygens (including phenoxy) is 1. The Morgan fingerprint density at radius 2 is 1.68 bits per heavy atom. The van der Waals surface area contributed by atoms with E-state index in [1.165, 1.54) is 18.0 Å². The highest BCUT2D eigenvalue weighted by Crippen LogP contribution is 2.31. The van der Waals surface area contributed by atoms with Gasteiger partial charge in [0.05, 0.1) is 23.0 Å². The predicted molar refractivity (Wildman–Crippen MR) is 253 cm³/mol. The number of nitrogens with two attached hydrogens (primary N) is 1. The number of likely N-dealkylation sites (tertiary alicyclic amines) is 1. The zero-order chi connectivity index (χ0) is 47.9. The molecule has 0 spiro atoms. The Labute approximate surface area is 394 Å². The van der Waals surface area contributed by atoms with Crippen molar-refractivity contribution in [3.8, 4) is 11.5 Å². The molecular weight excluding hydrogens is 870 g/mol. The molecule has 0 saturated carbocycles. The van der Waals surface area contributed by atoms with Gasteiger partial charge in [-0.25, -0.2) is 4.39 Å². The minimum Gasteiger partial charge on any atom is -0.457 e. The van der Waals surface area contributed by atoms with Crippen LogP contribution in [0.1, 0.15) is 71.2 Å². The molecule has 0 radical (unpaired) electrons. The van der Waals surface area contributed by atoms with E-state index < -0.39 is 41.5 Å². The largest absolute Gasteiger partial charge is 0.457 e. The number of likely N-dealkylation sites (N-methyl/N-ethyl adjacent to an activating group) is 1. The second-order valence-corrected chi connectivity index (χ2v) is 17.8. The molecule has 8 rings (SSSR count). The summed E-state index contributed by atoms with van der Waals surface area (Å²) in [6.07, 6.45) is 11.9. The number of carbonyl (C=O) groups excluding carboxylic acids is 6. The van der Waals surface area contributed by atoms with Gasteiger partial charge in [0.1, 0.15) is 34.8 Å². The Morgan fingerprint density at radius 1 is 0.956 bits per heavy atom. The predicted octanol–water partition coefficient (Wildman–Crippen LogP) is 4.24. The van der Waals surface area contributed by atoms with E-state index in [0.717, 1.165) is 57.0 Å². The lowest BCUT2D eigenvalue weighted by atomic mass is 9.93. The summed E-state index contributed by atoms with van der Waals surface area (Å²) in [5, 5.41) is 21.0. The molecule has 68 heavy (non-hydrogen) atoms. The van der Waals surface area contributed by atoms with E-state index in [2.05, 4.69) is 26.2 Å². The summed E-state index contributed by atoms with van der Waals surface area (Å²) in [7, 11) is 1.44. The monoisotopic (exact) mass is 925 g/mol. The quantitative estimate of drug-likeness (QED) is 0.0617. The number of nitrogens with one attached hydrogen (secondary N) is 5. The molecule has 2 atom stereocenters. The van der Waals surface area contributed by atoms with Crippen molar-refractivity contribution in [1.82, 2.24) is 31.1 Å². The molecule has 7 N–H and O–H groups in total. The molecule has 0 aromatic heterocycles. The zero-order valence-corrected chi connectivity index (χ0v) is 37.9. The number of benzene rings is 3. The molecule has 5 amide bonds. The topological polar surface area (TPSA) is 219 Å². The second-order valence-electron chi connectivity index (χ2n) is 17.8. The minimum absolute atomic E-state index is 0.00186. The van der Waals surface area contributed by atoms with Crippen LogP contribution in [-0.2, 0) is 19.2 Å². The molecule has 2 unspecified atom stereocenters. The lowest BCUT2D eigenvalue weighted by molar-refractivity contribution is -0.136. The van der Waals surface area contributed by atoms with Gasteiger partial charge in [0.2, 0.25) is 11.8 Å². The number of hydrogen-bond acceptors (Lipinski definition) is 12. The Balaban J connectivity index is 0.816. The number of piperidine rings is 3. The van der Waals surface area contributed by atoms with Crippen LogP contribution in [-0.4, -0.2) is 116 Å². The maximum Gasteiger partial charge on any atom is 0.255 e. The fourth-order valence-electron chi connectivity index (χ4n) is 9.45. The maximum absolute atomic E-state index is 15.4. The number of para-hydroxylation sites is 1. The number of imide groups is 1. The number of fused-ring (bicyclic) bond motifs is 1. The SMILES string of the molecule is CN(C(=O)c1cc(N2CCC(CN3CCC(NC(=O)C4=CC5=CC(C=C4)N/C(=C(/C(=N)c4ccc(Oc6ccccc6)cc4)C(N)=O)NCC5)CC3)CC2)c(F)cc1C=O)C1CCC(=O)NC1=O. The summed E-state index contributed by atoms with van der Waals surface area (Å²) in [5.74, 6) is -1.15. The average molecular weight is 926 g/mol. The van der Waals surface area contributed by atoms with Crippen LogP contribution in [0.2, 0.25) is 0 Å². The van der Waals surface area contributed by atoms with Crippen LogP contribution in [0, 0.1) is 17.1 Å². The number of amides is 5. The number of primary amides is 1. The highest BCUT2D eigenvalue weighted by atomic mass is 19.1. The third-order valence-electron chi connectivity index (χ3n) is 13.2. The zero-order valence-electron chi connectivity index (χ0n) is 37.9. The van der Waals surface area contributed by atoms with Crippen molar-refractivity contribution in [2.45, 2.75) is 63.1 Å². The molecule has 5 aliphatic rings. The van der Waals surface area contributed by atoms with E-state index in [-0.39, 0.29) is 52.9 Å². The standard InChI is InChI=1S/C51H56FN9O7/c1-59(42-13-14-44(63)58-50(42)66)51(67)40-28-43(41(52)27-35(40)30-62)61-23-16-31(17-24-61)29-60-21-18-36(19-22-60)57-49(65)34-7-10-37-26-32(25-34)15-20-55-48(56-37)45(47(54)64)46(53)33-8-11-39(12-9-33)68-38-5-3-2-4-6-38/h2-12,25-28,30-31,36-37,42,53,55-56H,13-24,29H2,1H3,(H2,54,64)(H,57,65)(H,58,63,66)/b48-45-,53-46?. The molecule has 17 heteroatoms. The van der Waals surface area contributed by atoms with E-state index >= 15 is 4.39 Å². The maximum atomic E-state index is 15.4. The van der Waals surface area contributed by atoms with E-state index in [1.807, 2.05) is 53.5 Å². The van der Waals surface area contributed by atoms with Gasteiger partial charge in [0, 0.05) is 75.5 Å². The number of nitrogens with zero attached hydrogens (tertiary/aromatic N) is 3. The van der Waals surface area contributed by atoms with Crippen molar-refractivity contribution in [2.24, 2.45) is 11.7 Å². The average Bonchev–Trinajstić information content (AvgIpc) is 3.55. The van der Waals surface area contributed by atoms with Gasteiger partial charge in [-0.05, 0) is 105 Å². The molecule has 3 aromatic carbocycles. The molecule has 4 aliphatic heterocycles. The van der Waals surface area contributed by atoms with Gasteiger partial charge in [-0.15, -0.1) is 0 Å². The summed E-state index contributed by atoms with van der Waals surface area (Å²) in [6, 6.07) is 17.4. The minimum atomic E-state index is -0.883. The molecule has 1 aliphatic carbocycles. The van der Waals surface area contributed by atoms with Gasteiger partial charge < -0.3 is 41.1 Å². The third kappa shape index (κ3) is 11.1. The summed E-state index contributed by atoms with van der Waals surface area (Å²) in [4.78, 5) is 81.6. The van der Waals surface area contributed by atoms with E-state index in [1.54, 1.807) is 30.3 Å². The van der Waals surface area contributed by atoms with Crippen molar-refractivity contribution in [3.63, 3.8) is 0 Å². The normalized spacial score (nSPS) is 21.0. The van der Waals surface area contributed by atoms with Crippen LogP contribution in [0.4, 0.5) is 10.1 Å². The molecule has 354 valence electrons. The lowest BCUT2D eigenvalue weighted by Gasteiger charge is -2.38. The molecule has 16 nitrogen and oxygen atoms in total. The van der Waals surface area contributed by atoms with Crippen LogP contribution in [0.5, 0.6) is 11.5 Å². The van der Waals surface area contributed by atoms with Gasteiger partial charge in [-0.2, -0.15) is 0 Å². The first-order valence-corrected chi connectivity index (χ1v) is 23.1. The fourth-order valence-corrected chi connectivity index (χ4v) is 9.45. The van der Waals surface area contributed by atoms with Crippen molar-refractivity contribution in [3.05, 3.63) is 136 Å². The molecule has 3 aromatic rings. The van der Waals surface area contributed by atoms with Gasteiger partial charge >= 0.3 is 0 Å². The summed E-state index contributed by atoms with van der Waals surface area (Å²) in [5.41, 5.74) is 7.94.